The summed E-state index contributed by atoms with van der Waals surface area (Å²) >= 11 is 1.44. The third-order valence-electron chi connectivity index (χ3n) is 2.92. The molecule has 0 bridgehead atoms. The molecule has 1 aromatic heterocycles. The molecule has 0 saturated heterocycles. The number of nitro benzene ring substituents is 1. The first-order valence-electron chi connectivity index (χ1n) is 6.09. The van der Waals surface area contributed by atoms with Gasteiger partial charge in [0.2, 0.25) is 0 Å². The molecule has 2 aromatic rings. The van der Waals surface area contributed by atoms with E-state index in [9.17, 15) is 10.1 Å². The fraction of sp³-hybridized carbons (Fsp3) is 0.333. The van der Waals surface area contributed by atoms with Gasteiger partial charge in [0, 0.05) is 18.9 Å². The van der Waals surface area contributed by atoms with E-state index in [0.29, 0.717) is 23.3 Å². The topological polar surface area (TPSA) is 109 Å². The molecule has 1 aromatic carbocycles. The van der Waals surface area contributed by atoms with Gasteiger partial charge in [0.1, 0.15) is 5.82 Å². The minimum Gasteiger partial charge on any atom is -0.490 e. The van der Waals surface area contributed by atoms with Gasteiger partial charge in [-0.15, -0.1) is 10.2 Å². The molecule has 1 heterocycles. The summed E-state index contributed by atoms with van der Waals surface area (Å²) in [5.74, 6) is 1.48. The minimum absolute atomic E-state index is 0.0452. The molecule has 0 unspecified atom stereocenters. The summed E-state index contributed by atoms with van der Waals surface area (Å²) in [6, 6.07) is 4.89. The van der Waals surface area contributed by atoms with E-state index in [4.69, 9.17) is 10.5 Å². The number of ether oxygens (including phenoxy) is 1. The van der Waals surface area contributed by atoms with Gasteiger partial charge in [-0.25, -0.2) is 0 Å². The van der Waals surface area contributed by atoms with Crippen LogP contribution in [0.5, 0.6) is 5.75 Å². The maximum Gasteiger partial charge on any atom is 0.311 e. The molecule has 2 rings (SSSR count). The molecule has 9 heteroatoms. The summed E-state index contributed by atoms with van der Waals surface area (Å²) in [5, 5.41) is 19.7. The van der Waals surface area contributed by atoms with E-state index in [1.165, 1.54) is 24.9 Å². The lowest BCUT2D eigenvalue weighted by Crippen LogP contribution is -2.05. The van der Waals surface area contributed by atoms with Crippen molar-refractivity contribution in [3.05, 3.63) is 39.7 Å². The summed E-state index contributed by atoms with van der Waals surface area (Å²) in [5.41, 5.74) is 6.30. The number of benzene rings is 1. The van der Waals surface area contributed by atoms with Crippen LogP contribution in [0.25, 0.3) is 0 Å². The number of rotatable bonds is 6. The third kappa shape index (κ3) is 3.31. The van der Waals surface area contributed by atoms with Crippen LogP contribution in [0.15, 0.2) is 23.4 Å². The summed E-state index contributed by atoms with van der Waals surface area (Å²) < 4.78 is 6.78. The van der Waals surface area contributed by atoms with Gasteiger partial charge in [-0.1, -0.05) is 17.8 Å². The zero-order valence-electron chi connectivity index (χ0n) is 11.6. The second-order valence-corrected chi connectivity index (χ2v) is 5.16. The number of hydrogen-bond donors (Lipinski definition) is 1. The quantitative estimate of drug-likeness (QED) is 0.489. The Balaban J connectivity index is 2.14. The van der Waals surface area contributed by atoms with Crippen LogP contribution in [-0.2, 0) is 19.3 Å². The van der Waals surface area contributed by atoms with Crippen molar-refractivity contribution < 1.29 is 9.66 Å². The number of methoxy groups -OCH3 is 1. The number of hydrogen-bond acceptors (Lipinski definition) is 7. The van der Waals surface area contributed by atoms with Crippen molar-refractivity contribution in [2.75, 3.05) is 7.11 Å². The Bertz CT molecular complexity index is 658. The van der Waals surface area contributed by atoms with Crippen LogP contribution in [0.2, 0.25) is 0 Å². The van der Waals surface area contributed by atoms with E-state index >= 15 is 0 Å². The molecule has 8 nitrogen and oxygen atoms in total. The van der Waals surface area contributed by atoms with E-state index in [0.717, 1.165) is 5.56 Å². The van der Waals surface area contributed by atoms with Crippen molar-refractivity contribution in [3.63, 3.8) is 0 Å². The first-order valence-corrected chi connectivity index (χ1v) is 7.07. The Morgan fingerprint density at radius 1 is 1.48 bits per heavy atom. The maximum absolute atomic E-state index is 11.0. The van der Waals surface area contributed by atoms with Gasteiger partial charge in [0.25, 0.3) is 0 Å². The van der Waals surface area contributed by atoms with Gasteiger partial charge >= 0.3 is 5.69 Å². The van der Waals surface area contributed by atoms with E-state index < -0.39 is 4.92 Å². The first kappa shape index (κ1) is 15.3. The van der Waals surface area contributed by atoms with Crippen LogP contribution in [0.3, 0.4) is 0 Å². The first-order chi connectivity index (χ1) is 10.1. The summed E-state index contributed by atoms with van der Waals surface area (Å²) in [7, 11) is 3.24. The highest BCUT2D eigenvalue weighted by Crippen LogP contribution is 2.30. The molecule has 0 saturated carbocycles. The smallest absolute Gasteiger partial charge is 0.311 e. The predicted octanol–water partition coefficient (Wildman–Crippen LogP) is 1.48. The minimum atomic E-state index is -0.456. The Morgan fingerprint density at radius 2 is 2.24 bits per heavy atom. The average molecular weight is 309 g/mol. The van der Waals surface area contributed by atoms with Crippen molar-refractivity contribution >= 4 is 17.4 Å². The van der Waals surface area contributed by atoms with Crippen molar-refractivity contribution in [2.24, 2.45) is 12.8 Å². The second kappa shape index (κ2) is 6.55. The summed E-state index contributed by atoms with van der Waals surface area (Å²) in [6.07, 6.45) is 0. The second-order valence-electron chi connectivity index (χ2n) is 4.21. The van der Waals surface area contributed by atoms with E-state index in [1.807, 2.05) is 11.6 Å². The third-order valence-corrected chi connectivity index (χ3v) is 4.01. The van der Waals surface area contributed by atoms with E-state index in [-0.39, 0.29) is 11.4 Å². The molecule has 0 radical (unpaired) electrons. The van der Waals surface area contributed by atoms with Crippen LogP contribution in [0.1, 0.15) is 11.4 Å². The van der Waals surface area contributed by atoms with Gasteiger partial charge in [0.15, 0.2) is 10.9 Å². The Morgan fingerprint density at radius 3 is 2.81 bits per heavy atom. The number of aromatic nitrogens is 3. The molecule has 0 fully saturated rings. The maximum atomic E-state index is 11.0. The van der Waals surface area contributed by atoms with Gasteiger partial charge in [-0.05, 0) is 11.6 Å². The molecule has 0 atom stereocenters. The fourth-order valence-electron chi connectivity index (χ4n) is 1.76. The van der Waals surface area contributed by atoms with Crippen LogP contribution in [-0.4, -0.2) is 26.8 Å². The highest BCUT2D eigenvalue weighted by molar-refractivity contribution is 7.98. The van der Waals surface area contributed by atoms with Crippen LogP contribution in [0.4, 0.5) is 5.69 Å². The zero-order chi connectivity index (χ0) is 15.4. The molecule has 0 aliphatic rings. The molecule has 0 aliphatic heterocycles. The molecule has 2 N–H and O–H groups in total. The van der Waals surface area contributed by atoms with Gasteiger partial charge in [0.05, 0.1) is 18.6 Å². The summed E-state index contributed by atoms with van der Waals surface area (Å²) in [4.78, 5) is 10.5. The van der Waals surface area contributed by atoms with Gasteiger partial charge in [-0.2, -0.15) is 0 Å². The largest absolute Gasteiger partial charge is 0.490 e. The van der Waals surface area contributed by atoms with Crippen molar-refractivity contribution in [3.8, 4) is 5.75 Å². The number of nitrogens with zero attached hydrogens (tertiary/aromatic N) is 4. The Kier molecular flexibility index (Phi) is 4.76. The van der Waals surface area contributed by atoms with E-state index in [2.05, 4.69) is 10.2 Å². The molecule has 21 heavy (non-hydrogen) atoms. The number of nitro groups is 1. The molecule has 112 valence electrons. The fourth-order valence-corrected chi connectivity index (χ4v) is 2.64. The normalized spacial score (nSPS) is 10.6. The molecular weight excluding hydrogens is 294 g/mol. The van der Waals surface area contributed by atoms with Gasteiger partial charge < -0.3 is 15.0 Å². The standard InChI is InChI=1S/C12H15N5O3S/c1-16-11(6-13)14-15-12(16)21-7-8-3-4-10(20-2)9(5-8)17(18)19/h3-5H,6-7,13H2,1-2H3. The van der Waals surface area contributed by atoms with Crippen molar-refractivity contribution in [1.29, 1.82) is 0 Å². The van der Waals surface area contributed by atoms with Gasteiger partial charge in [-0.3, -0.25) is 10.1 Å². The molecule has 0 spiro atoms. The molecular formula is C12H15N5O3S. The van der Waals surface area contributed by atoms with Crippen LogP contribution >= 0.6 is 11.8 Å². The number of nitrogens with two attached hydrogens (primary N) is 1. The van der Waals surface area contributed by atoms with E-state index in [1.54, 1.807) is 12.1 Å². The highest BCUT2D eigenvalue weighted by atomic mass is 32.2. The Labute approximate surface area is 125 Å². The number of thioether (sulfide) groups is 1. The Hall–Kier alpha value is -2.13. The monoisotopic (exact) mass is 309 g/mol. The molecule has 0 aliphatic carbocycles. The molecule has 0 amide bonds. The van der Waals surface area contributed by atoms with Crippen molar-refractivity contribution in [2.45, 2.75) is 17.5 Å². The predicted molar refractivity (Wildman–Crippen MR) is 78.1 cm³/mol. The lowest BCUT2D eigenvalue weighted by atomic mass is 10.2. The SMILES string of the molecule is COc1ccc(CSc2nnc(CN)n2C)cc1[N+](=O)[O-]. The lowest BCUT2D eigenvalue weighted by Gasteiger charge is -2.05. The summed E-state index contributed by atoms with van der Waals surface area (Å²) in [6.45, 7) is 0.318. The zero-order valence-corrected chi connectivity index (χ0v) is 12.5. The van der Waals surface area contributed by atoms with Crippen LogP contribution in [0, 0.1) is 10.1 Å². The average Bonchev–Trinajstić information content (AvgIpc) is 2.85. The van der Waals surface area contributed by atoms with Crippen molar-refractivity contribution in [1.82, 2.24) is 14.8 Å². The highest BCUT2D eigenvalue weighted by Gasteiger charge is 2.16. The lowest BCUT2D eigenvalue weighted by molar-refractivity contribution is -0.385. The van der Waals surface area contributed by atoms with Crippen LogP contribution < -0.4 is 10.5 Å².